The Bertz CT molecular complexity index is 4050. The molecule has 7 nitrogen and oxygen atoms in total. The predicted octanol–water partition coefficient (Wildman–Crippen LogP) is 14.5. The molecule has 0 amide bonds. The fourth-order valence-electron chi connectivity index (χ4n) is 9.56. The van der Waals surface area contributed by atoms with Gasteiger partial charge in [-0.15, -0.1) is 0 Å². The molecule has 65 heavy (non-hydrogen) atoms. The summed E-state index contributed by atoms with van der Waals surface area (Å²) >= 11 is 0. The van der Waals surface area contributed by atoms with Crippen LogP contribution >= 0.6 is 0 Å². The number of hydrogen-bond donors (Lipinski definition) is 0. The summed E-state index contributed by atoms with van der Waals surface area (Å²) in [6.45, 7) is 0. The van der Waals surface area contributed by atoms with Gasteiger partial charge in [-0.2, -0.15) is 15.2 Å². The first-order valence-electron chi connectivity index (χ1n) is 21.6. The summed E-state index contributed by atoms with van der Waals surface area (Å²) in [7, 11) is 0. The SMILES string of the molecule is N#Cc1ccc(-c2cc(-n3c4ccccc4c4cc5c6ccccc6n(-c6nc(-c7ccccc7)nc(-c7ccc(-c8ccccc8)cc7)n6)c5cc43)cc3c2oc2ccccc23)cc1. The maximum Gasteiger partial charge on any atom is 0.238 e. The first-order chi connectivity index (χ1) is 32.2. The van der Waals surface area contributed by atoms with Gasteiger partial charge in [0.05, 0.1) is 33.7 Å². The molecule has 0 saturated carbocycles. The van der Waals surface area contributed by atoms with Crippen LogP contribution in [0.3, 0.4) is 0 Å². The van der Waals surface area contributed by atoms with Gasteiger partial charge < -0.3 is 8.98 Å². The zero-order chi connectivity index (χ0) is 43.0. The molecule has 0 radical (unpaired) electrons. The lowest BCUT2D eigenvalue weighted by Gasteiger charge is -2.13. The molecule has 4 aromatic heterocycles. The molecule has 13 aromatic rings. The van der Waals surface area contributed by atoms with Crippen molar-refractivity contribution in [3.8, 4) is 62.7 Å². The number of furan rings is 1. The highest BCUT2D eigenvalue weighted by Crippen LogP contribution is 2.43. The smallest absolute Gasteiger partial charge is 0.238 e. The number of nitriles is 1. The van der Waals surface area contributed by atoms with E-state index in [0.717, 1.165) is 105 Å². The second-order valence-electron chi connectivity index (χ2n) is 16.3. The van der Waals surface area contributed by atoms with Crippen LogP contribution in [0.15, 0.2) is 211 Å². The molecule has 0 spiro atoms. The average molecular weight is 831 g/mol. The Kier molecular flexibility index (Phi) is 8.14. The van der Waals surface area contributed by atoms with Gasteiger partial charge in [0.25, 0.3) is 0 Å². The van der Waals surface area contributed by atoms with Crippen LogP contribution in [0, 0.1) is 11.3 Å². The van der Waals surface area contributed by atoms with E-state index in [1.165, 1.54) is 0 Å². The molecule has 0 saturated heterocycles. The highest BCUT2D eigenvalue weighted by molar-refractivity contribution is 6.19. The predicted molar refractivity (Wildman–Crippen MR) is 262 cm³/mol. The molecule has 4 heterocycles. The van der Waals surface area contributed by atoms with E-state index in [4.69, 9.17) is 19.4 Å². The van der Waals surface area contributed by atoms with Crippen LogP contribution in [-0.4, -0.2) is 24.1 Å². The molecule has 0 aliphatic rings. The van der Waals surface area contributed by atoms with Gasteiger partial charge in [0, 0.05) is 54.7 Å². The van der Waals surface area contributed by atoms with Gasteiger partial charge in [0.2, 0.25) is 5.95 Å². The highest BCUT2D eigenvalue weighted by atomic mass is 16.3. The summed E-state index contributed by atoms with van der Waals surface area (Å²) in [5.41, 5.74) is 13.3. The first kappa shape index (κ1) is 36.5. The summed E-state index contributed by atoms with van der Waals surface area (Å²) < 4.78 is 11.2. The van der Waals surface area contributed by atoms with Crippen LogP contribution in [0.5, 0.6) is 0 Å². The van der Waals surface area contributed by atoms with Crippen molar-refractivity contribution in [1.29, 1.82) is 5.26 Å². The van der Waals surface area contributed by atoms with E-state index in [-0.39, 0.29) is 0 Å². The zero-order valence-electron chi connectivity index (χ0n) is 34.7. The molecule has 0 N–H and O–H groups in total. The van der Waals surface area contributed by atoms with E-state index in [0.29, 0.717) is 23.2 Å². The van der Waals surface area contributed by atoms with Gasteiger partial charge in [0.15, 0.2) is 11.6 Å². The normalized spacial score (nSPS) is 11.7. The number of aromatic nitrogens is 5. The Morgan fingerprint density at radius 2 is 0.908 bits per heavy atom. The number of rotatable bonds is 6. The Morgan fingerprint density at radius 3 is 1.58 bits per heavy atom. The van der Waals surface area contributed by atoms with Gasteiger partial charge in [0.1, 0.15) is 11.2 Å². The molecular weight excluding hydrogens is 797 g/mol. The third-order valence-electron chi connectivity index (χ3n) is 12.6. The Balaban J connectivity index is 1.08. The molecule has 0 bridgehead atoms. The zero-order valence-corrected chi connectivity index (χ0v) is 34.7. The lowest BCUT2D eigenvalue weighted by atomic mass is 10.00. The number of hydrogen-bond acceptors (Lipinski definition) is 5. The van der Waals surface area contributed by atoms with Crippen LogP contribution in [0.25, 0.3) is 122 Å². The van der Waals surface area contributed by atoms with E-state index in [1.807, 2.05) is 72.8 Å². The van der Waals surface area contributed by atoms with Crippen LogP contribution in [0.4, 0.5) is 0 Å². The molecule has 0 aliphatic heterocycles. The van der Waals surface area contributed by atoms with Gasteiger partial charge in [-0.1, -0.05) is 152 Å². The summed E-state index contributed by atoms with van der Waals surface area (Å²) in [6.07, 6.45) is 0. The van der Waals surface area contributed by atoms with Crippen LogP contribution in [0.1, 0.15) is 5.56 Å². The van der Waals surface area contributed by atoms with E-state index >= 15 is 0 Å². The lowest BCUT2D eigenvalue weighted by molar-refractivity contribution is 0.670. The molecule has 0 atom stereocenters. The van der Waals surface area contributed by atoms with E-state index in [2.05, 4.69) is 149 Å². The fraction of sp³-hybridized carbons (Fsp3) is 0. The van der Waals surface area contributed by atoms with Crippen molar-refractivity contribution >= 4 is 65.6 Å². The molecule has 0 fully saturated rings. The van der Waals surface area contributed by atoms with Crippen molar-refractivity contribution in [2.24, 2.45) is 0 Å². The number of fused-ring (bicyclic) bond motifs is 9. The average Bonchev–Trinajstić information content (AvgIpc) is 4.03. The quantitative estimate of drug-likeness (QED) is 0.167. The Morgan fingerprint density at radius 1 is 0.385 bits per heavy atom. The molecule has 13 rings (SSSR count). The largest absolute Gasteiger partial charge is 0.455 e. The minimum atomic E-state index is 0.531. The van der Waals surface area contributed by atoms with E-state index < -0.39 is 0 Å². The standard InChI is InChI=1S/C58H34N6O/c59-35-36-23-25-39(26-24-36)46-31-42(32-49-45-19-9-12-22-54(45)65-55(46)49)63-50-20-10-7-17-43(50)47-33-48-44-18-8-11-21-51(44)64(53(48)34-52(47)63)58-61-56(40-15-5-2-6-16-40)60-57(62-58)41-29-27-38(28-30-41)37-13-3-1-4-14-37/h1-34H. The summed E-state index contributed by atoms with van der Waals surface area (Å²) in [5.74, 6) is 1.71. The van der Waals surface area contributed by atoms with Gasteiger partial charge >= 0.3 is 0 Å². The van der Waals surface area contributed by atoms with Gasteiger partial charge in [-0.05, 0) is 71.3 Å². The maximum atomic E-state index is 9.64. The van der Waals surface area contributed by atoms with Crippen molar-refractivity contribution in [3.63, 3.8) is 0 Å². The highest BCUT2D eigenvalue weighted by Gasteiger charge is 2.23. The Labute approximate surface area is 372 Å². The van der Waals surface area contributed by atoms with Crippen LogP contribution in [-0.2, 0) is 0 Å². The van der Waals surface area contributed by atoms with Crippen LogP contribution < -0.4 is 0 Å². The van der Waals surface area contributed by atoms with Crippen molar-refractivity contribution in [2.45, 2.75) is 0 Å². The number of nitrogens with zero attached hydrogens (tertiary/aromatic N) is 6. The fourth-order valence-corrected chi connectivity index (χ4v) is 9.56. The van der Waals surface area contributed by atoms with Crippen molar-refractivity contribution in [1.82, 2.24) is 24.1 Å². The third-order valence-corrected chi connectivity index (χ3v) is 12.6. The lowest BCUT2D eigenvalue weighted by Crippen LogP contribution is -2.06. The van der Waals surface area contributed by atoms with Crippen molar-refractivity contribution < 1.29 is 4.42 Å². The molecule has 7 heteroatoms. The molecule has 0 aliphatic carbocycles. The minimum absolute atomic E-state index is 0.531. The summed E-state index contributed by atoms with van der Waals surface area (Å²) in [4.78, 5) is 15.7. The second kappa shape index (κ2) is 14.5. The molecule has 9 aromatic carbocycles. The molecule has 302 valence electrons. The first-order valence-corrected chi connectivity index (χ1v) is 21.6. The van der Waals surface area contributed by atoms with Gasteiger partial charge in [-0.3, -0.25) is 4.57 Å². The summed E-state index contributed by atoms with van der Waals surface area (Å²) in [6, 6.07) is 73.3. The summed E-state index contributed by atoms with van der Waals surface area (Å²) in [5, 5.41) is 16.2. The van der Waals surface area contributed by atoms with E-state index in [1.54, 1.807) is 0 Å². The van der Waals surface area contributed by atoms with E-state index in [9.17, 15) is 5.26 Å². The Hall–Kier alpha value is -9.12. The van der Waals surface area contributed by atoms with Crippen molar-refractivity contribution in [3.05, 3.63) is 212 Å². The van der Waals surface area contributed by atoms with Gasteiger partial charge in [-0.25, -0.2) is 4.98 Å². The molecular formula is C58H34N6O. The maximum absolute atomic E-state index is 9.64. The monoisotopic (exact) mass is 830 g/mol. The van der Waals surface area contributed by atoms with Crippen LogP contribution in [0.2, 0.25) is 0 Å². The minimum Gasteiger partial charge on any atom is -0.455 e. The second-order valence-corrected chi connectivity index (χ2v) is 16.3. The third kappa shape index (κ3) is 5.86. The number of para-hydroxylation sites is 3. The number of benzene rings is 9. The molecule has 0 unspecified atom stereocenters. The topological polar surface area (TPSA) is 85.5 Å². The van der Waals surface area contributed by atoms with Crippen molar-refractivity contribution in [2.75, 3.05) is 0 Å².